The lowest BCUT2D eigenvalue weighted by atomic mass is 10.1. The molecule has 0 aliphatic rings. The molecule has 0 atom stereocenters. The van der Waals surface area contributed by atoms with E-state index in [9.17, 15) is 18.5 Å². The first kappa shape index (κ1) is 17.7. The average molecular weight is 377 g/mol. The molecule has 136 valence electrons. The summed E-state index contributed by atoms with van der Waals surface area (Å²) in [6.45, 7) is 1.91. The van der Waals surface area contributed by atoms with Crippen molar-refractivity contribution in [1.29, 1.82) is 0 Å². The van der Waals surface area contributed by atoms with E-state index in [1.54, 1.807) is 12.1 Å². The fourth-order valence-electron chi connectivity index (χ4n) is 2.47. The number of non-ortho nitro benzene ring substituents is 1. The second-order valence-corrected chi connectivity index (χ2v) is 7.07. The van der Waals surface area contributed by atoms with Crippen molar-refractivity contribution in [2.45, 2.75) is 18.2 Å². The normalized spacial score (nSPS) is 11.5. The zero-order chi connectivity index (χ0) is 18.9. The summed E-state index contributed by atoms with van der Waals surface area (Å²) in [4.78, 5) is 10.0. The number of anilines is 1. The molecule has 1 N–H and O–H groups in total. The van der Waals surface area contributed by atoms with Crippen LogP contribution in [0.25, 0.3) is 11.0 Å². The number of aromatic nitrogens is 1. The molecule has 1 aromatic heterocycles. The molecular weight excluding hydrogens is 362 g/mol. The summed E-state index contributed by atoms with van der Waals surface area (Å²) in [5.41, 5.74) is 1.20. The lowest BCUT2D eigenvalue weighted by molar-refractivity contribution is -0.384. The number of hydrogen-bond acceptors (Lipinski definition) is 7. The molecule has 0 aliphatic heterocycles. The van der Waals surface area contributed by atoms with Crippen LogP contribution in [0.1, 0.15) is 12.6 Å². The van der Waals surface area contributed by atoms with E-state index in [1.807, 2.05) is 6.92 Å². The Morgan fingerprint density at radius 3 is 2.54 bits per heavy atom. The van der Waals surface area contributed by atoms with Crippen molar-refractivity contribution in [1.82, 2.24) is 5.16 Å². The molecule has 0 saturated carbocycles. The SMILES string of the molecule is CCc1noc2cc(OC)c(NS(=O)(=O)c3ccc([N+](=O)[O-])cc3)cc12. The van der Waals surface area contributed by atoms with Gasteiger partial charge in [-0.2, -0.15) is 0 Å². The summed E-state index contributed by atoms with van der Waals surface area (Å²) in [7, 11) is -2.56. The molecule has 0 unspecified atom stereocenters. The van der Waals surface area contributed by atoms with Crippen molar-refractivity contribution in [3.63, 3.8) is 0 Å². The fraction of sp³-hybridized carbons (Fsp3) is 0.188. The van der Waals surface area contributed by atoms with Crippen LogP contribution in [0.3, 0.4) is 0 Å². The van der Waals surface area contributed by atoms with E-state index in [0.29, 0.717) is 23.1 Å². The number of methoxy groups -OCH3 is 1. The maximum atomic E-state index is 12.6. The van der Waals surface area contributed by atoms with E-state index in [2.05, 4.69) is 9.88 Å². The maximum Gasteiger partial charge on any atom is 0.269 e. The number of nitro groups is 1. The lowest BCUT2D eigenvalue weighted by Crippen LogP contribution is -2.13. The van der Waals surface area contributed by atoms with Gasteiger partial charge in [-0.1, -0.05) is 12.1 Å². The van der Waals surface area contributed by atoms with Gasteiger partial charge in [0.1, 0.15) is 5.75 Å². The molecule has 0 amide bonds. The number of fused-ring (bicyclic) bond motifs is 1. The van der Waals surface area contributed by atoms with E-state index in [1.165, 1.54) is 19.2 Å². The second kappa shape index (κ2) is 6.64. The molecule has 0 saturated heterocycles. The molecule has 10 heteroatoms. The average Bonchev–Trinajstić information content (AvgIpc) is 3.02. The Hall–Kier alpha value is -3.14. The van der Waals surface area contributed by atoms with Crippen molar-refractivity contribution in [2.24, 2.45) is 0 Å². The highest BCUT2D eigenvalue weighted by molar-refractivity contribution is 7.92. The Bertz CT molecular complexity index is 1070. The van der Waals surface area contributed by atoms with Gasteiger partial charge < -0.3 is 9.26 Å². The molecule has 0 radical (unpaired) electrons. The summed E-state index contributed by atoms with van der Waals surface area (Å²) in [6, 6.07) is 7.74. The highest BCUT2D eigenvalue weighted by atomic mass is 32.2. The first-order chi connectivity index (χ1) is 12.4. The summed E-state index contributed by atoms with van der Waals surface area (Å²) in [6.07, 6.45) is 0.619. The highest BCUT2D eigenvalue weighted by Gasteiger charge is 2.20. The fourth-order valence-corrected chi connectivity index (χ4v) is 3.53. The third kappa shape index (κ3) is 3.18. The molecule has 0 spiro atoms. The maximum absolute atomic E-state index is 12.6. The van der Waals surface area contributed by atoms with E-state index in [-0.39, 0.29) is 22.0 Å². The van der Waals surface area contributed by atoms with Gasteiger partial charge in [0, 0.05) is 23.6 Å². The Kier molecular flexibility index (Phi) is 4.51. The van der Waals surface area contributed by atoms with Crippen LogP contribution in [0, 0.1) is 10.1 Å². The molecule has 0 aliphatic carbocycles. The van der Waals surface area contributed by atoms with E-state index < -0.39 is 14.9 Å². The number of benzene rings is 2. The Morgan fingerprint density at radius 1 is 1.27 bits per heavy atom. The number of aryl methyl sites for hydroxylation is 1. The standard InChI is InChI=1S/C16H15N3O6S/c1-3-13-12-8-14(16(24-2)9-15(12)25-17-13)18-26(22,23)11-6-4-10(5-7-11)19(20)21/h4-9,18H,3H2,1-2H3. The van der Waals surface area contributed by atoms with Crippen molar-refractivity contribution >= 4 is 32.4 Å². The predicted octanol–water partition coefficient (Wildman–Crippen LogP) is 3.11. The minimum Gasteiger partial charge on any atom is -0.494 e. The van der Waals surface area contributed by atoms with E-state index in [4.69, 9.17) is 9.26 Å². The molecule has 9 nitrogen and oxygen atoms in total. The van der Waals surface area contributed by atoms with Crippen LogP contribution in [0.4, 0.5) is 11.4 Å². The van der Waals surface area contributed by atoms with Crippen LogP contribution < -0.4 is 9.46 Å². The third-order valence-electron chi connectivity index (χ3n) is 3.80. The number of sulfonamides is 1. The largest absolute Gasteiger partial charge is 0.494 e. The van der Waals surface area contributed by atoms with Gasteiger partial charge >= 0.3 is 0 Å². The molecule has 2 aromatic carbocycles. The van der Waals surface area contributed by atoms with Crippen LogP contribution in [0.2, 0.25) is 0 Å². The quantitative estimate of drug-likeness (QED) is 0.517. The molecule has 0 bridgehead atoms. The van der Waals surface area contributed by atoms with Gasteiger partial charge in [0.25, 0.3) is 15.7 Å². The topological polar surface area (TPSA) is 125 Å². The number of nitrogens with one attached hydrogen (secondary N) is 1. The minimum atomic E-state index is -3.96. The number of ether oxygens (including phenoxy) is 1. The second-order valence-electron chi connectivity index (χ2n) is 5.39. The summed E-state index contributed by atoms with van der Waals surface area (Å²) < 4.78 is 38.1. The third-order valence-corrected chi connectivity index (χ3v) is 5.19. The van der Waals surface area contributed by atoms with Crippen LogP contribution in [0.5, 0.6) is 5.75 Å². The van der Waals surface area contributed by atoms with Gasteiger partial charge in [-0.25, -0.2) is 8.42 Å². The molecular formula is C16H15N3O6S. The molecule has 3 rings (SSSR count). The molecule has 0 fully saturated rings. The van der Waals surface area contributed by atoms with Crippen LogP contribution in [0.15, 0.2) is 45.8 Å². The van der Waals surface area contributed by atoms with E-state index >= 15 is 0 Å². The van der Waals surface area contributed by atoms with E-state index in [0.717, 1.165) is 12.1 Å². The first-order valence-corrected chi connectivity index (χ1v) is 9.07. The van der Waals surface area contributed by atoms with Crippen molar-refractivity contribution in [3.05, 3.63) is 52.2 Å². The van der Waals surface area contributed by atoms with Crippen LogP contribution >= 0.6 is 0 Å². The Balaban J connectivity index is 2.01. The van der Waals surface area contributed by atoms with Gasteiger partial charge in [0.15, 0.2) is 5.58 Å². The Morgan fingerprint density at radius 2 is 1.96 bits per heavy atom. The van der Waals surface area contributed by atoms with Crippen molar-refractivity contribution in [2.75, 3.05) is 11.8 Å². The van der Waals surface area contributed by atoms with Crippen molar-refractivity contribution in [3.8, 4) is 5.75 Å². The van der Waals surface area contributed by atoms with Gasteiger partial charge in [-0.15, -0.1) is 0 Å². The first-order valence-electron chi connectivity index (χ1n) is 7.59. The molecule has 26 heavy (non-hydrogen) atoms. The summed E-state index contributed by atoms with van der Waals surface area (Å²) >= 11 is 0. The van der Waals surface area contributed by atoms with Gasteiger partial charge in [-0.05, 0) is 24.6 Å². The molecule has 3 aromatic rings. The number of rotatable bonds is 6. The summed E-state index contributed by atoms with van der Waals surface area (Å²) in [5.74, 6) is 0.266. The molecule has 1 heterocycles. The smallest absolute Gasteiger partial charge is 0.269 e. The minimum absolute atomic E-state index is 0.105. The zero-order valence-corrected chi connectivity index (χ0v) is 14.7. The number of hydrogen-bond donors (Lipinski definition) is 1. The highest BCUT2D eigenvalue weighted by Crippen LogP contribution is 2.33. The predicted molar refractivity (Wildman–Crippen MR) is 93.8 cm³/mol. The van der Waals surface area contributed by atoms with Gasteiger partial charge in [-0.3, -0.25) is 14.8 Å². The van der Waals surface area contributed by atoms with Crippen molar-refractivity contribution < 1.29 is 22.6 Å². The number of nitrogens with zero attached hydrogens (tertiary/aromatic N) is 2. The van der Waals surface area contributed by atoms with Gasteiger partial charge in [0.2, 0.25) is 0 Å². The monoisotopic (exact) mass is 377 g/mol. The zero-order valence-electron chi connectivity index (χ0n) is 13.9. The van der Waals surface area contributed by atoms with Crippen LogP contribution in [-0.2, 0) is 16.4 Å². The Labute approximate surface area is 148 Å². The summed E-state index contributed by atoms with van der Waals surface area (Å²) in [5, 5.41) is 15.3. The number of nitro benzene ring substituents is 1. The van der Waals surface area contributed by atoms with Crippen LogP contribution in [-0.4, -0.2) is 25.6 Å². The van der Waals surface area contributed by atoms with Gasteiger partial charge in [0.05, 0.1) is 28.3 Å². The lowest BCUT2D eigenvalue weighted by Gasteiger charge is -2.12.